The van der Waals surface area contributed by atoms with Gasteiger partial charge in [0.25, 0.3) is 0 Å². The van der Waals surface area contributed by atoms with E-state index in [0.717, 1.165) is 36.7 Å². The second-order valence-corrected chi connectivity index (χ2v) is 8.51. The predicted octanol–water partition coefficient (Wildman–Crippen LogP) is 3.48. The van der Waals surface area contributed by atoms with Crippen LogP contribution >= 0.6 is 0 Å². The lowest BCUT2D eigenvalue weighted by Gasteiger charge is -2.43. The van der Waals surface area contributed by atoms with Crippen molar-refractivity contribution in [3.63, 3.8) is 0 Å². The lowest BCUT2D eigenvalue weighted by molar-refractivity contribution is -0.108. The van der Waals surface area contributed by atoms with Crippen molar-refractivity contribution in [1.82, 2.24) is 9.97 Å². The Labute approximate surface area is 151 Å². The smallest absolute Gasteiger partial charge is 0.133 e. The largest absolute Gasteiger partial charge is 0.390 e. The number of hydrogen-bond acceptors (Lipinski definition) is 5. The van der Waals surface area contributed by atoms with Crippen molar-refractivity contribution in [1.29, 1.82) is 0 Å². The molecule has 0 bridgehead atoms. The van der Waals surface area contributed by atoms with Gasteiger partial charge in [-0.15, -0.1) is 0 Å². The first-order chi connectivity index (χ1) is 11.8. The standard InChI is InChI=1S/C20H33N3O2/c1-13(2)16-11-18(22-19(21-16)14(3)4)23-9-6-7-17(23)15-12-25-10-8-20(15,5)24/h11,13-15,17,24H,6-10,12H2,1-5H3/t15-,17+,20-/m0/s1. The molecular weight excluding hydrogens is 314 g/mol. The van der Waals surface area contributed by atoms with Gasteiger partial charge in [-0.3, -0.25) is 0 Å². The second-order valence-electron chi connectivity index (χ2n) is 8.51. The molecule has 0 spiro atoms. The van der Waals surface area contributed by atoms with Crippen molar-refractivity contribution in [2.75, 3.05) is 24.7 Å². The molecule has 5 heteroatoms. The van der Waals surface area contributed by atoms with Gasteiger partial charge in [-0.2, -0.15) is 0 Å². The molecule has 0 radical (unpaired) electrons. The van der Waals surface area contributed by atoms with Crippen LogP contribution in [0.25, 0.3) is 0 Å². The minimum absolute atomic E-state index is 0.128. The summed E-state index contributed by atoms with van der Waals surface area (Å²) >= 11 is 0. The highest BCUT2D eigenvalue weighted by molar-refractivity contribution is 5.44. The van der Waals surface area contributed by atoms with E-state index < -0.39 is 5.60 Å². The fourth-order valence-corrected chi connectivity index (χ4v) is 4.05. The van der Waals surface area contributed by atoms with E-state index in [1.54, 1.807) is 0 Å². The lowest BCUT2D eigenvalue weighted by Crippen LogP contribution is -2.52. The maximum Gasteiger partial charge on any atom is 0.133 e. The number of rotatable bonds is 4. The first-order valence-corrected chi connectivity index (χ1v) is 9.75. The molecule has 2 aliphatic heterocycles. The molecule has 0 unspecified atom stereocenters. The Morgan fingerprint density at radius 3 is 2.64 bits per heavy atom. The molecule has 140 valence electrons. The SMILES string of the molecule is CC(C)c1cc(N2CCC[C@@H]2[C@@H]2COCC[C@]2(C)O)nc(C(C)C)n1. The average molecular weight is 348 g/mol. The van der Waals surface area contributed by atoms with E-state index in [-0.39, 0.29) is 12.0 Å². The highest BCUT2D eigenvalue weighted by atomic mass is 16.5. The van der Waals surface area contributed by atoms with Gasteiger partial charge in [0.1, 0.15) is 11.6 Å². The summed E-state index contributed by atoms with van der Waals surface area (Å²) in [6, 6.07) is 2.43. The predicted molar refractivity (Wildman–Crippen MR) is 100 cm³/mol. The summed E-state index contributed by atoms with van der Waals surface area (Å²) in [5, 5.41) is 10.9. The Balaban J connectivity index is 1.94. The summed E-state index contributed by atoms with van der Waals surface area (Å²) in [6.45, 7) is 12.9. The van der Waals surface area contributed by atoms with E-state index >= 15 is 0 Å². The van der Waals surface area contributed by atoms with Crippen LogP contribution < -0.4 is 4.90 Å². The number of hydrogen-bond donors (Lipinski definition) is 1. The summed E-state index contributed by atoms with van der Waals surface area (Å²) < 4.78 is 5.72. The number of nitrogens with zero attached hydrogens (tertiary/aromatic N) is 3. The Hall–Kier alpha value is -1.20. The van der Waals surface area contributed by atoms with E-state index in [1.165, 1.54) is 0 Å². The molecule has 1 aromatic heterocycles. The van der Waals surface area contributed by atoms with Gasteiger partial charge < -0.3 is 14.7 Å². The van der Waals surface area contributed by atoms with E-state index in [4.69, 9.17) is 14.7 Å². The van der Waals surface area contributed by atoms with Gasteiger partial charge in [0.2, 0.25) is 0 Å². The molecule has 3 heterocycles. The van der Waals surface area contributed by atoms with Crippen LogP contribution in [0.5, 0.6) is 0 Å². The van der Waals surface area contributed by atoms with E-state index in [1.807, 2.05) is 6.92 Å². The van der Waals surface area contributed by atoms with Gasteiger partial charge in [-0.1, -0.05) is 27.7 Å². The minimum atomic E-state index is -0.666. The fourth-order valence-electron chi connectivity index (χ4n) is 4.05. The topological polar surface area (TPSA) is 58.5 Å². The third kappa shape index (κ3) is 3.82. The zero-order chi connectivity index (χ0) is 18.2. The summed E-state index contributed by atoms with van der Waals surface area (Å²) in [6.07, 6.45) is 2.93. The number of anilines is 1. The Bertz CT molecular complexity index is 574. The summed E-state index contributed by atoms with van der Waals surface area (Å²) in [5.74, 6) is 2.74. The molecule has 0 saturated carbocycles. The Morgan fingerprint density at radius 1 is 1.24 bits per heavy atom. The van der Waals surface area contributed by atoms with Gasteiger partial charge in [-0.05, 0) is 32.1 Å². The third-order valence-corrected chi connectivity index (χ3v) is 5.76. The molecular formula is C20H33N3O2. The van der Waals surface area contributed by atoms with Crippen molar-refractivity contribution in [3.05, 3.63) is 17.6 Å². The quantitative estimate of drug-likeness (QED) is 0.903. The molecule has 0 amide bonds. The number of aromatic nitrogens is 2. The molecule has 1 N–H and O–H groups in total. The molecule has 3 rings (SSSR count). The Kier molecular flexibility index (Phi) is 5.35. The molecule has 0 aromatic carbocycles. The van der Waals surface area contributed by atoms with Gasteiger partial charge >= 0.3 is 0 Å². The molecule has 0 aliphatic carbocycles. The van der Waals surface area contributed by atoms with E-state index in [9.17, 15) is 5.11 Å². The summed E-state index contributed by atoms with van der Waals surface area (Å²) in [4.78, 5) is 12.0. The monoisotopic (exact) mass is 347 g/mol. The van der Waals surface area contributed by atoms with Crippen molar-refractivity contribution in [2.24, 2.45) is 5.92 Å². The van der Waals surface area contributed by atoms with Gasteiger partial charge in [0, 0.05) is 42.8 Å². The van der Waals surface area contributed by atoms with Crippen LogP contribution in [0, 0.1) is 5.92 Å². The zero-order valence-electron chi connectivity index (χ0n) is 16.3. The van der Waals surface area contributed by atoms with Crippen LogP contribution in [0.15, 0.2) is 6.07 Å². The lowest BCUT2D eigenvalue weighted by atomic mass is 9.79. The van der Waals surface area contributed by atoms with Crippen molar-refractivity contribution in [2.45, 2.75) is 77.4 Å². The summed E-state index contributed by atoms with van der Waals surface area (Å²) in [5.41, 5.74) is 0.436. The number of aliphatic hydroxyl groups is 1. The molecule has 3 atom stereocenters. The van der Waals surface area contributed by atoms with Crippen LogP contribution in [0.2, 0.25) is 0 Å². The highest BCUT2D eigenvalue weighted by Gasteiger charge is 2.44. The first kappa shape index (κ1) is 18.6. The molecule has 1 aromatic rings. The molecule has 2 saturated heterocycles. The maximum absolute atomic E-state index is 10.9. The average Bonchev–Trinajstić information content (AvgIpc) is 3.03. The van der Waals surface area contributed by atoms with Crippen LogP contribution in [0.3, 0.4) is 0 Å². The van der Waals surface area contributed by atoms with Crippen LogP contribution in [0.1, 0.15) is 77.2 Å². The van der Waals surface area contributed by atoms with Crippen molar-refractivity contribution >= 4 is 5.82 Å². The summed E-state index contributed by atoms with van der Waals surface area (Å²) in [7, 11) is 0. The van der Waals surface area contributed by atoms with Crippen molar-refractivity contribution in [3.8, 4) is 0 Å². The zero-order valence-corrected chi connectivity index (χ0v) is 16.3. The molecule has 5 nitrogen and oxygen atoms in total. The van der Waals surface area contributed by atoms with Crippen LogP contribution in [0.4, 0.5) is 5.82 Å². The van der Waals surface area contributed by atoms with Gasteiger partial charge in [0.05, 0.1) is 12.2 Å². The van der Waals surface area contributed by atoms with Gasteiger partial charge in [-0.25, -0.2) is 9.97 Å². The highest BCUT2D eigenvalue weighted by Crippen LogP contribution is 2.38. The van der Waals surface area contributed by atoms with Crippen LogP contribution in [-0.2, 0) is 4.74 Å². The van der Waals surface area contributed by atoms with E-state index in [2.05, 4.69) is 38.7 Å². The Morgan fingerprint density at radius 2 is 2.00 bits per heavy atom. The van der Waals surface area contributed by atoms with E-state index in [0.29, 0.717) is 31.5 Å². The number of ether oxygens (including phenoxy) is 1. The normalized spacial score (nSPS) is 30.5. The molecule has 2 fully saturated rings. The maximum atomic E-state index is 10.9. The first-order valence-electron chi connectivity index (χ1n) is 9.75. The van der Waals surface area contributed by atoms with Crippen molar-refractivity contribution < 1.29 is 9.84 Å². The molecule has 2 aliphatic rings. The third-order valence-electron chi connectivity index (χ3n) is 5.76. The minimum Gasteiger partial charge on any atom is -0.390 e. The second kappa shape index (κ2) is 7.20. The fraction of sp³-hybridized carbons (Fsp3) is 0.800. The molecule has 25 heavy (non-hydrogen) atoms. The van der Waals surface area contributed by atoms with Crippen LogP contribution in [-0.4, -0.2) is 46.5 Å². The van der Waals surface area contributed by atoms with Gasteiger partial charge in [0.15, 0.2) is 0 Å².